The fraction of sp³-hybridized carbons (Fsp3) is 0.391. The van der Waals surface area contributed by atoms with Crippen LogP contribution >= 0.6 is 0 Å². The summed E-state index contributed by atoms with van der Waals surface area (Å²) in [5.41, 5.74) is -5.99. The van der Waals surface area contributed by atoms with Crippen LogP contribution in [0.5, 0.6) is 0 Å². The van der Waals surface area contributed by atoms with Gasteiger partial charge in [-0.1, -0.05) is 0 Å². The van der Waals surface area contributed by atoms with Gasteiger partial charge in [0.1, 0.15) is 5.56 Å². The molecule has 220 valence electrons. The van der Waals surface area contributed by atoms with Gasteiger partial charge in [0.15, 0.2) is 5.82 Å². The maximum atomic E-state index is 14.5. The second kappa shape index (κ2) is 11.2. The van der Waals surface area contributed by atoms with Gasteiger partial charge in [-0.05, 0) is 13.0 Å². The minimum absolute atomic E-state index is 0.0375. The molecule has 0 aromatic carbocycles. The lowest BCUT2D eigenvalue weighted by molar-refractivity contribution is -0.139. The van der Waals surface area contributed by atoms with E-state index in [1.807, 2.05) is 0 Å². The maximum Gasteiger partial charge on any atom is 0.423 e. The van der Waals surface area contributed by atoms with Gasteiger partial charge in [0.05, 0.1) is 23.0 Å². The van der Waals surface area contributed by atoms with E-state index < -0.39 is 58.1 Å². The van der Waals surface area contributed by atoms with Crippen LogP contribution in [0.1, 0.15) is 28.4 Å². The van der Waals surface area contributed by atoms with Gasteiger partial charge in [0.2, 0.25) is 5.95 Å². The number of H-pyrrole nitrogens is 1. The second-order valence-electron chi connectivity index (χ2n) is 9.11. The van der Waals surface area contributed by atoms with Crippen molar-refractivity contribution in [2.75, 3.05) is 36.4 Å². The molecule has 2 N–H and O–H groups in total. The van der Waals surface area contributed by atoms with Gasteiger partial charge in [0.25, 0.3) is 17.0 Å². The number of rotatable bonds is 6. The van der Waals surface area contributed by atoms with Crippen LogP contribution in [-0.2, 0) is 18.9 Å². The summed E-state index contributed by atoms with van der Waals surface area (Å²) >= 11 is 0. The first-order chi connectivity index (χ1) is 19.1. The zero-order valence-corrected chi connectivity index (χ0v) is 21.1. The zero-order valence-electron chi connectivity index (χ0n) is 21.1. The molecule has 1 atom stereocenters. The normalized spacial score (nSPS) is 15.1. The summed E-state index contributed by atoms with van der Waals surface area (Å²) in [6, 6.07) is -0.207. The highest BCUT2D eigenvalue weighted by Crippen LogP contribution is 2.32. The Morgan fingerprint density at radius 1 is 1.02 bits per heavy atom. The zero-order chi connectivity index (χ0) is 30.1. The molecule has 0 spiro atoms. The van der Waals surface area contributed by atoms with Crippen LogP contribution in [0, 0.1) is 5.82 Å². The van der Waals surface area contributed by atoms with E-state index >= 15 is 0 Å². The number of carbonyl (C=O) groups is 1. The predicted molar refractivity (Wildman–Crippen MR) is 129 cm³/mol. The molecule has 41 heavy (non-hydrogen) atoms. The van der Waals surface area contributed by atoms with Crippen molar-refractivity contribution in [2.24, 2.45) is 0 Å². The van der Waals surface area contributed by atoms with E-state index in [4.69, 9.17) is 0 Å². The van der Waals surface area contributed by atoms with Gasteiger partial charge >= 0.3 is 12.4 Å². The Balaban J connectivity index is 1.45. The Hall–Kier alpha value is -4.51. The summed E-state index contributed by atoms with van der Waals surface area (Å²) in [6.07, 6.45) is -6.48. The Morgan fingerprint density at radius 3 is 2.24 bits per heavy atom. The number of amides is 1. The quantitative estimate of drug-likeness (QED) is 0.419. The molecule has 1 aliphatic heterocycles. The van der Waals surface area contributed by atoms with Crippen molar-refractivity contribution in [1.29, 1.82) is 0 Å². The van der Waals surface area contributed by atoms with Crippen molar-refractivity contribution < 1.29 is 35.5 Å². The molecular formula is C23H21F7N8O3. The van der Waals surface area contributed by atoms with Crippen LogP contribution < -0.4 is 21.3 Å². The molecule has 18 heteroatoms. The summed E-state index contributed by atoms with van der Waals surface area (Å²) in [5.74, 6) is -1.88. The third-order valence-corrected chi connectivity index (χ3v) is 6.12. The van der Waals surface area contributed by atoms with Crippen LogP contribution in [-0.4, -0.2) is 67.8 Å². The third kappa shape index (κ3) is 6.63. The molecular weight excluding hydrogens is 569 g/mol. The lowest BCUT2D eigenvalue weighted by atomic mass is 10.2. The molecule has 1 unspecified atom stereocenters. The Labute approximate surface area is 225 Å². The largest absolute Gasteiger partial charge is 0.423 e. The molecule has 1 fully saturated rings. The van der Waals surface area contributed by atoms with Crippen LogP contribution in [0.2, 0.25) is 0 Å². The van der Waals surface area contributed by atoms with Crippen molar-refractivity contribution in [2.45, 2.75) is 31.9 Å². The van der Waals surface area contributed by atoms with Crippen LogP contribution in [0.25, 0.3) is 0 Å². The van der Waals surface area contributed by atoms with Crippen molar-refractivity contribution in [3.63, 3.8) is 0 Å². The monoisotopic (exact) mass is 590 g/mol. The minimum atomic E-state index is -5.00. The highest BCUT2D eigenvalue weighted by Gasteiger charge is 2.37. The standard InChI is InChI=1S/C23H21F7N8O3/c1-12(34-16-9-33-35-18(39)17(16)23(28,29)30)10-38-11-13(6-15(24)20(38)41)19(40)36-2-4-37(5-3-36)21-31-7-14(8-32-21)22(25,26)27/h6-9,11-12H,2-5,10H2,1H3,(H2,34,35,39). The number of nitrogens with one attached hydrogen (secondary N) is 2. The van der Waals surface area contributed by atoms with E-state index in [2.05, 4.69) is 20.4 Å². The van der Waals surface area contributed by atoms with Gasteiger partial charge in [0, 0.05) is 57.4 Å². The molecule has 3 aromatic rings. The molecule has 0 saturated carbocycles. The van der Waals surface area contributed by atoms with Crippen LogP contribution in [0.3, 0.4) is 0 Å². The number of piperazine rings is 1. The summed E-state index contributed by atoms with van der Waals surface area (Å²) in [5, 5.41) is 7.47. The van der Waals surface area contributed by atoms with Crippen molar-refractivity contribution in [3.05, 3.63) is 74.1 Å². The van der Waals surface area contributed by atoms with E-state index in [9.17, 15) is 45.1 Å². The molecule has 1 aliphatic rings. The fourth-order valence-electron chi connectivity index (χ4n) is 4.17. The maximum absolute atomic E-state index is 14.5. The summed E-state index contributed by atoms with van der Waals surface area (Å²) in [6.45, 7) is 1.48. The number of halogens is 7. The van der Waals surface area contributed by atoms with E-state index in [0.717, 1.165) is 23.0 Å². The van der Waals surface area contributed by atoms with E-state index in [1.54, 1.807) is 10.00 Å². The highest BCUT2D eigenvalue weighted by atomic mass is 19.4. The molecule has 4 heterocycles. The fourth-order valence-corrected chi connectivity index (χ4v) is 4.17. The first-order valence-electron chi connectivity index (χ1n) is 11.9. The van der Waals surface area contributed by atoms with Gasteiger partial charge in [-0.3, -0.25) is 14.4 Å². The first kappa shape index (κ1) is 29.5. The van der Waals surface area contributed by atoms with E-state index in [-0.39, 0.29) is 44.2 Å². The molecule has 0 bridgehead atoms. The molecule has 11 nitrogen and oxygen atoms in total. The van der Waals surface area contributed by atoms with Gasteiger partial charge < -0.3 is 19.7 Å². The molecule has 4 rings (SSSR count). The Bertz CT molecular complexity index is 1530. The molecule has 0 radical (unpaired) electrons. The van der Waals surface area contributed by atoms with Gasteiger partial charge in [-0.15, -0.1) is 0 Å². The number of pyridine rings is 1. The summed E-state index contributed by atoms with van der Waals surface area (Å²) < 4.78 is 93.5. The number of aromatic amines is 1. The molecule has 3 aromatic heterocycles. The van der Waals surface area contributed by atoms with E-state index in [1.165, 1.54) is 11.8 Å². The number of anilines is 2. The van der Waals surface area contributed by atoms with Crippen LogP contribution in [0.15, 0.2) is 40.4 Å². The minimum Gasteiger partial charge on any atom is -0.379 e. The predicted octanol–water partition coefficient (Wildman–Crippen LogP) is 2.36. The van der Waals surface area contributed by atoms with Crippen molar-refractivity contribution in [1.82, 2.24) is 29.6 Å². The van der Waals surface area contributed by atoms with Gasteiger partial charge in [-0.25, -0.2) is 19.5 Å². The third-order valence-electron chi connectivity index (χ3n) is 6.12. The average Bonchev–Trinajstić information content (AvgIpc) is 2.89. The number of alkyl halides is 6. The highest BCUT2D eigenvalue weighted by molar-refractivity contribution is 5.94. The number of nitrogens with zero attached hydrogens (tertiary/aromatic N) is 6. The lowest BCUT2D eigenvalue weighted by Crippen LogP contribution is -2.49. The van der Waals surface area contributed by atoms with Crippen LogP contribution in [0.4, 0.5) is 42.4 Å². The number of carbonyl (C=O) groups excluding carboxylic acids is 1. The topological polar surface area (TPSA) is 129 Å². The summed E-state index contributed by atoms with van der Waals surface area (Å²) in [4.78, 5) is 47.5. The number of hydrogen-bond donors (Lipinski definition) is 2. The first-order valence-corrected chi connectivity index (χ1v) is 11.9. The number of aromatic nitrogens is 5. The smallest absolute Gasteiger partial charge is 0.379 e. The Morgan fingerprint density at radius 2 is 1.66 bits per heavy atom. The molecule has 0 aliphatic carbocycles. The molecule has 1 amide bonds. The number of hydrogen-bond acceptors (Lipinski definition) is 8. The van der Waals surface area contributed by atoms with Gasteiger partial charge in [-0.2, -0.15) is 31.4 Å². The average molecular weight is 590 g/mol. The van der Waals surface area contributed by atoms with E-state index in [0.29, 0.717) is 12.4 Å². The second-order valence-corrected chi connectivity index (χ2v) is 9.11. The Kier molecular flexibility index (Phi) is 8.03. The SMILES string of the molecule is CC(Cn1cc(C(=O)N2CCN(c3ncc(C(F)(F)F)cn3)CC2)cc(F)c1=O)Nc1cn[nH]c(=O)c1C(F)(F)F. The van der Waals surface area contributed by atoms with Crippen molar-refractivity contribution in [3.8, 4) is 0 Å². The lowest BCUT2D eigenvalue weighted by Gasteiger charge is -2.34. The summed E-state index contributed by atoms with van der Waals surface area (Å²) in [7, 11) is 0. The van der Waals surface area contributed by atoms with Crippen molar-refractivity contribution >= 4 is 17.5 Å². The molecule has 1 saturated heterocycles.